The minimum atomic E-state index is -1.16. The fourth-order valence-corrected chi connectivity index (χ4v) is 3.82. The molecular formula is C16H16FN5O5S. The number of aliphatic hydroxyl groups is 1. The number of halogens is 1. The summed E-state index contributed by atoms with van der Waals surface area (Å²) in [5, 5.41) is 23.9. The molecular weight excluding hydrogens is 393 g/mol. The van der Waals surface area contributed by atoms with Crippen LogP contribution in [0.15, 0.2) is 32.1 Å². The molecule has 4 rings (SSSR count). The third kappa shape index (κ3) is 3.36. The number of hydrogen-bond acceptors (Lipinski definition) is 9. The molecule has 2 heterocycles. The van der Waals surface area contributed by atoms with Crippen LogP contribution < -0.4 is 11.1 Å². The first-order valence-electron chi connectivity index (χ1n) is 8.35. The Hall–Kier alpha value is -2.86. The van der Waals surface area contributed by atoms with Gasteiger partial charge < -0.3 is 10.4 Å². The van der Waals surface area contributed by atoms with Crippen molar-refractivity contribution >= 4 is 16.6 Å². The molecule has 148 valence electrons. The second-order valence-corrected chi connectivity index (χ2v) is 7.92. The molecule has 0 fully saturated rings. The molecule has 2 aromatic heterocycles. The van der Waals surface area contributed by atoms with Gasteiger partial charge in [0.2, 0.25) is 11.6 Å². The Morgan fingerprint density at radius 3 is 3.04 bits per heavy atom. The highest BCUT2D eigenvalue weighted by molar-refractivity contribution is 7.84. The van der Waals surface area contributed by atoms with Crippen molar-refractivity contribution < 1.29 is 22.9 Å². The van der Waals surface area contributed by atoms with Crippen LogP contribution in [0.2, 0.25) is 0 Å². The van der Waals surface area contributed by atoms with Crippen LogP contribution in [0.4, 0.5) is 10.2 Å². The first kappa shape index (κ1) is 18.5. The van der Waals surface area contributed by atoms with Crippen LogP contribution in [0.3, 0.4) is 0 Å². The lowest BCUT2D eigenvalue weighted by Gasteiger charge is -2.30. The lowest BCUT2D eigenvalue weighted by atomic mass is 9.83. The number of anilines is 1. The Bertz CT molecular complexity index is 1090. The van der Waals surface area contributed by atoms with Gasteiger partial charge in [0.05, 0.1) is 17.9 Å². The van der Waals surface area contributed by atoms with E-state index in [0.29, 0.717) is 12.0 Å². The molecule has 0 aliphatic heterocycles. The van der Waals surface area contributed by atoms with Crippen LogP contribution in [0, 0.1) is 5.82 Å². The zero-order chi connectivity index (χ0) is 19.8. The number of rotatable bonds is 7. The highest BCUT2D eigenvalue weighted by Crippen LogP contribution is 2.38. The number of benzene rings is 1. The quantitative estimate of drug-likeness (QED) is 0.565. The molecule has 3 aromatic rings. The molecule has 0 radical (unpaired) electrons. The van der Waals surface area contributed by atoms with Crippen molar-refractivity contribution in [1.82, 2.24) is 20.0 Å². The van der Waals surface area contributed by atoms with Gasteiger partial charge in [-0.2, -0.15) is 0 Å². The molecule has 2 unspecified atom stereocenters. The fraction of sp³-hybridized carbons (Fsp3) is 0.375. The van der Waals surface area contributed by atoms with Gasteiger partial charge in [0.25, 0.3) is 0 Å². The van der Waals surface area contributed by atoms with Crippen LogP contribution in [0.25, 0.3) is 11.5 Å². The normalized spacial score (nSPS) is 17.6. The number of nitrogens with one attached hydrogen (secondary N) is 1. The topological polar surface area (TPSA) is 136 Å². The van der Waals surface area contributed by atoms with Crippen molar-refractivity contribution in [2.45, 2.75) is 18.6 Å². The SMILES string of the molecule is CS(=O)CC(O)CNc1nonc1-c1noc(=O)n1[C@H]1Cc2ccc(F)cc21. The molecule has 1 aliphatic rings. The summed E-state index contributed by atoms with van der Waals surface area (Å²) in [7, 11) is -1.16. The van der Waals surface area contributed by atoms with Gasteiger partial charge in [-0.15, -0.1) is 0 Å². The summed E-state index contributed by atoms with van der Waals surface area (Å²) >= 11 is 0. The maximum atomic E-state index is 13.6. The number of nitrogens with zero attached hydrogens (tertiary/aromatic N) is 4. The van der Waals surface area contributed by atoms with E-state index in [1.54, 1.807) is 6.07 Å². The third-order valence-electron chi connectivity index (χ3n) is 4.46. The number of fused-ring (bicyclic) bond motifs is 1. The van der Waals surface area contributed by atoms with E-state index in [2.05, 4.69) is 20.8 Å². The molecule has 0 bridgehead atoms. The Morgan fingerprint density at radius 2 is 2.25 bits per heavy atom. The summed E-state index contributed by atoms with van der Waals surface area (Å²) in [6.07, 6.45) is 1.12. The molecule has 1 aliphatic carbocycles. The Labute approximate surface area is 159 Å². The van der Waals surface area contributed by atoms with Crippen molar-refractivity contribution in [1.29, 1.82) is 0 Å². The third-order valence-corrected chi connectivity index (χ3v) is 5.31. The number of hydrogen-bond donors (Lipinski definition) is 2. The van der Waals surface area contributed by atoms with Crippen molar-refractivity contribution in [2.75, 3.05) is 23.9 Å². The van der Waals surface area contributed by atoms with Gasteiger partial charge >= 0.3 is 5.76 Å². The minimum absolute atomic E-state index is 0.0420. The van der Waals surface area contributed by atoms with Crippen molar-refractivity contribution in [3.8, 4) is 11.5 Å². The van der Waals surface area contributed by atoms with Crippen molar-refractivity contribution in [3.05, 3.63) is 45.7 Å². The Kier molecular flexibility index (Phi) is 4.81. The number of aromatic nitrogens is 4. The second kappa shape index (κ2) is 7.28. The number of aliphatic hydroxyl groups excluding tert-OH is 1. The summed E-state index contributed by atoms with van der Waals surface area (Å²) in [5.74, 6) is -0.816. The van der Waals surface area contributed by atoms with Crippen molar-refractivity contribution in [3.63, 3.8) is 0 Å². The van der Waals surface area contributed by atoms with Crippen LogP contribution in [0.5, 0.6) is 0 Å². The van der Waals surface area contributed by atoms with E-state index < -0.39 is 34.5 Å². The monoisotopic (exact) mass is 409 g/mol. The molecule has 12 heteroatoms. The molecule has 28 heavy (non-hydrogen) atoms. The van der Waals surface area contributed by atoms with E-state index in [1.165, 1.54) is 23.0 Å². The van der Waals surface area contributed by atoms with Crippen molar-refractivity contribution in [2.24, 2.45) is 0 Å². The van der Waals surface area contributed by atoms with E-state index in [9.17, 15) is 18.5 Å². The molecule has 0 saturated carbocycles. The van der Waals surface area contributed by atoms with E-state index >= 15 is 0 Å². The predicted molar refractivity (Wildman–Crippen MR) is 95.7 cm³/mol. The maximum Gasteiger partial charge on any atom is 0.442 e. The smallest absolute Gasteiger partial charge is 0.390 e. The van der Waals surface area contributed by atoms with Gasteiger partial charge in [-0.3, -0.25) is 8.73 Å². The van der Waals surface area contributed by atoms with Gasteiger partial charge in [0, 0.05) is 23.6 Å². The van der Waals surface area contributed by atoms with Crippen LogP contribution in [-0.2, 0) is 17.2 Å². The molecule has 2 N–H and O–H groups in total. The maximum absolute atomic E-state index is 13.6. The highest BCUT2D eigenvalue weighted by atomic mass is 32.2. The first-order valence-corrected chi connectivity index (χ1v) is 10.1. The first-order chi connectivity index (χ1) is 13.4. The average Bonchev–Trinajstić information content (AvgIpc) is 3.22. The molecule has 10 nitrogen and oxygen atoms in total. The van der Waals surface area contributed by atoms with Crippen LogP contribution in [-0.4, -0.2) is 54.0 Å². The molecule has 1 aromatic carbocycles. The zero-order valence-electron chi connectivity index (χ0n) is 14.7. The van der Waals surface area contributed by atoms with Gasteiger partial charge in [-0.05, 0) is 40.0 Å². The summed E-state index contributed by atoms with van der Waals surface area (Å²) < 4.78 is 35.6. The van der Waals surface area contributed by atoms with Gasteiger partial charge in [0.1, 0.15) is 5.82 Å². The van der Waals surface area contributed by atoms with Crippen LogP contribution in [0.1, 0.15) is 17.2 Å². The van der Waals surface area contributed by atoms with E-state index in [0.717, 1.165) is 5.56 Å². The average molecular weight is 409 g/mol. The van der Waals surface area contributed by atoms with Gasteiger partial charge in [-0.1, -0.05) is 11.2 Å². The molecule has 0 saturated heterocycles. The summed E-state index contributed by atoms with van der Waals surface area (Å²) in [5.41, 5.74) is 1.71. The van der Waals surface area contributed by atoms with Crippen LogP contribution >= 0.6 is 0 Å². The lowest BCUT2D eigenvalue weighted by molar-refractivity contribution is 0.211. The Balaban J connectivity index is 1.62. The van der Waals surface area contributed by atoms with E-state index in [-0.39, 0.29) is 29.6 Å². The molecule has 0 spiro atoms. The van der Waals surface area contributed by atoms with E-state index in [4.69, 9.17) is 9.15 Å². The molecule has 3 atom stereocenters. The lowest BCUT2D eigenvalue weighted by Crippen LogP contribution is -2.31. The van der Waals surface area contributed by atoms with Gasteiger partial charge in [-0.25, -0.2) is 18.4 Å². The summed E-state index contributed by atoms with van der Waals surface area (Å²) in [4.78, 5) is 12.2. The standard InChI is InChI=1S/C16H16FN5O5S/c1-28(25)7-10(23)6-18-14-13(19-27-20-14)15-21-26-16(24)22(15)12-4-8-2-3-9(17)5-11(8)12/h2-3,5,10,12,23H,4,6-7H2,1H3,(H,18,20)/t10?,12-,28?/m0/s1. The Morgan fingerprint density at radius 1 is 1.43 bits per heavy atom. The fourth-order valence-electron chi connectivity index (χ4n) is 3.16. The molecule has 0 amide bonds. The predicted octanol–water partition coefficient (Wildman–Crippen LogP) is 0.322. The summed E-state index contributed by atoms with van der Waals surface area (Å²) in [6, 6.07) is 3.96. The minimum Gasteiger partial charge on any atom is -0.390 e. The zero-order valence-corrected chi connectivity index (χ0v) is 15.5. The van der Waals surface area contributed by atoms with Gasteiger partial charge in [0.15, 0.2) is 5.69 Å². The van der Waals surface area contributed by atoms with E-state index in [1.807, 2.05) is 0 Å². The summed E-state index contributed by atoms with van der Waals surface area (Å²) in [6.45, 7) is 0.0420. The second-order valence-electron chi connectivity index (χ2n) is 6.44. The highest BCUT2D eigenvalue weighted by Gasteiger charge is 2.34. The largest absolute Gasteiger partial charge is 0.442 e.